The van der Waals surface area contributed by atoms with Crippen molar-refractivity contribution in [3.8, 4) is 0 Å². The molecule has 0 atom stereocenters. The number of carbonyl (C=O) groups excluding carboxylic acids is 2. The molecule has 0 aliphatic rings. The van der Waals surface area contributed by atoms with Gasteiger partial charge in [-0.05, 0) is 23.9 Å². The quantitative estimate of drug-likeness (QED) is 0.426. The van der Waals surface area contributed by atoms with Gasteiger partial charge in [0.1, 0.15) is 0 Å². The van der Waals surface area contributed by atoms with Gasteiger partial charge >= 0.3 is 5.97 Å². The van der Waals surface area contributed by atoms with Crippen LogP contribution in [0.4, 0.5) is 0 Å². The second-order valence-corrected chi connectivity index (χ2v) is 7.61. The maximum atomic E-state index is 12.2. The van der Waals surface area contributed by atoms with Crippen LogP contribution < -0.4 is 5.32 Å². The summed E-state index contributed by atoms with van der Waals surface area (Å²) in [6, 6.07) is 13.5. The molecule has 3 rings (SSSR count). The van der Waals surface area contributed by atoms with Crippen molar-refractivity contribution >= 4 is 35.0 Å². The highest BCUT2D eigenvalue weighted by atomic mass is 32.2. The van der Waals surface area contributed by atoms with Crippen LogP contribution in [0.5, 0.6) is 0 Å². The lowest BCUT2D eigenvalue weighted by Crippen LogP contribution is -2.24. The van der Waals surface area contributed by atoms with E-state index in [1.54, 1.807) is 13.0 Å². The van der Waals surface area contributed by atoms with Gasteiger partial charge in [-0.25, -0.2) is 0 Å². The molecule has 146 valence electrons. The topological polar surface area (TPSA) is 86.1 Å². The second-order valence-electron chi connectivity index (χ2n) is 5.72. The fraction of sp³-hybridized carbons (Fsp3) is 0.263. The first-order valence-electron chi connectivity index (χ1n) is 8.73. The highest BCUT2D eigenvalue weighted by molar-refractivity contribution is 7.99. The number of aromatic nitrogens is 3. The van der Waals surface area contributed by atoms with Crippen molar-refractivity contribution in [1.29, 1.82) is 0 Å². The van der Waals surface area contributed by atoms with Crippen LogP contribution in [0.15, 0.2) is 53.0 Å². The van der Waals surface area contributed by atoms with E-state index in [1.807, 2.05) is 46.3 Å². The van der Waals surface area contributed by atoms with Gasteiger partial charge in [0.2, 0.25) is 0 Å². The SMILES string of the molecule is CCOC(=O)CSc1nnc(CNC(=O)c2cccs2)n1Cc1ccccc1. The van der Waals surface area contributed by atoms with E-state index in [2.05, 4.69) is 15.5 Å². The van der Waals surface area contributed by atoms with Gasteiger partial charge in [-0.15, -0.1) is 21.5 Å². The Bertz CT molecular complexity index is 911. The number of rotatable bonds is 9. The number of esters is 1. The molecule has 0 saturated heterocycles. The van der Waals surface area contributed by atoms with Crippen molar-refractivity contribution in [2.24, 2.45) is 0 Å². The molecule has 0 bridgehead atoms. The molecule has 0 fully saturated rings. The Morgan fingerprint density at radius 3 is 2.71 bits per heavy atom. The van der Waals surface area contributed by atoms with Crippen LogP contribution in [0.3, 0.4) is 0 Å². The Balaban J connectivity index is 1.74. The van der Waals surface area contributed by atoms with E-state index in [4.69, 9.17) is 4.74 Å². The summed E-state index contributed by atoms with van der Waals surface area (Å²) in [5.74, 6) is 0.335. The molecular weight excluding hydrogens is 396 g/mol. The summed E-state index contributed by atoms with van der Waals surface area (Å²) in [7, 11) is 0. The molecule has 28 heavy (non-hydrogen) atoms. The third-order valence-corrected chi connectivity index (χ3v) is 5.56. The van der Waals surface area contributed by atoms with Crippen LogP contribution in [-0.4, -0.2) is 39.0 Å². The Morgan fingerprint density at radius 2 is 2.00 bits per heavy atom. The zero-order chi connectivity index (χ0) is 19.8. The standard InChI is InChI=1S/C19H20N4O3S2/c1-2-26-17(24)13-28-19-22-21-16(11-20-18(25)15-9-6-10-27-15)23(19)12-14-7-4-3-5-8-14/h3-10H,2,11-13H2,1H3,(H,20,25). The largest absolute Gasteiger partial charge is 0.465 e. The smallest absolute Gasteiger partial charge is 0.316 e. The number of hydrogen-bond acceptors (Lipinski definition) is 7. The van der Waals surface area contributed by atoms with E-state index < -0.39 is 0 Å². The van der Waals surface area contributed by atoms with Gasteiger partial charge in [-0.1, -0.05) is 48.2 Å². The first-order chi connectivity index (χ1) is 13.7. The molecule has 1 N–H and O–H groups in total. The van der Waals surface area contributed by atoms with E-state index in [0.29, 0.717) is 29.0 Å². The average molecular weight is 417 g/mol. The second kappa shape index (κ2) is 10.0. The molecule has 0 spiro atoms. The predicted molar refractivity (Wildman–Crippen MR) is 108 cm³/mol. The number of nitrogens with one attached hydrogen (secondary N) is 1. The van der Waals surface area contributed by atoms with Crippen molar-refractivity contribution < 1.29 is 14.3 Å². The van der Waals surface area contributed by atoms with Gasteiger partial charge < -0.3 is 14.6 Å². The number of hydrogen-bond donors (Lipinski definition) is 1. The summed E-state index contributed by atoms with van der Waals surface area (Å²) in [6.07, 6.45) is 0. The Kier molecular flexibility index (Phi) is 7.21. The van der Waals surface area contributed by atoms with Crippen molar-refractivity contribution in [3.63, 3.8) is 0 Å². The number of ether oxygens (including phenoxy) is 1. The summed E-state index contributed by atoms with van der Waals surface area (Å²) >= 11 is 2.66. The zero-order valence-electron chi connectivity index (χ0n) is 15.3. The third-order valence-electron chi connectivity index (χ3n) is 3.75. The van der Waals surface area contributed by atoms with Gasteiger partial charge in [0.05, 0.1) is 30.3 Å². The van der Waals surface area contributed by atoms with E-state index in [-0.39, 0.29) is 24.2 Å². The summed E-state index contributed by atoms with van der Waals surface area (Å²) in [4.78, 5) is 24.5. The van der Waals surface area contributed by atoms with E-state index in [9.17, 15) is 9.59 Å². The molecule has 0 aliphatic heterocycles. The van der Waals surface area contributed by atoms with Crippen molar-refractivity contribution in [2.45, 2.75) is 25.2 Å². The first kappa shape index (κ1) is 20.1. The molecule has 0 saturated carbocycles. The molecule has 0 unspecified atom stereocenters. The number of nitrogens with zero attached hydrogens (tertiary/aromatic N) is 3. The summed E-state index contributed by atoms with van der Waals surface area (Å²) in [5.41, 5.74) is 1.08. The van der Waals surface area contributed by atoms with Crippen LogP contribution in [0.1, 0.15) is 28.0 Å². The number of amides is 1. The lowest BCUT2D eigenvalue weighted by molar-refractivity contribution is -0.139. The van der Waals surface area contributed by atoms with Crippen molar-refractivity contribution in [1.82, 2.24) is 20.1 Å². The molecule has 2 aromatic heterocycles. The molecule has 7 nitrogen and oxygen atoms in total. The van der Waals surface area contributed by atoms with Crippen molar-refractivity contribution in [2.75, 3.05) is 12.4 Å². The Morgan fingerprint density at radius 1 is 1.18 bits per heavy atom. The average Bonchev–Trinajstić information content (AvgIpc) is 3.36. The van der Waals surface area contributed by atoms with Crippen molar-refractivity contribution in [3.05, 3.63) is 64.1 Å². The van der Waals surface area contributed by atoms with Crippen LogP contribution in [-0.2, 0) is 22.6 Å². The molecule has 0 aliphatic carbocycles. The van der Waals surface area contributed by atoms with Gasteiger partial charge in [-0.2, -0.15) is 0 Å². The maximum Gasteiger partial charge on any atom is 0.316 e. The molecule has 1 amide bonds. The summed E-state index contributed by atoms with van der Waals surface area (Å²) in [5, 5.41) is 13.8. The van der Waals surface area contributed by atoms with E-state index >= 15 is 0 Å². The minimum absolute atomic E-state index is 0.148. The Labute approximate surface area is 171 Å². The van der Waals surface area contributed by atoms with Gasteiger partial charge in [0, 0.05) is 0 Å². The van der Waals surface area contributed by atoms with Crippen LogP contribution in [0.2, 0.25) is 0 Å². The fourth-order valence-electron chi connectivity index (χ4n) is 2.46. The number of benzene rings is 1. The van der Waals surface area contributed by atoms with Crippen LogP contribution >= 0.6 is 23.1 Å². The number of thiophene rings is 1. The molecule has 9 heteroatoms. The molecule has 0 radical (unpaired) electrons. The highest BCUT2D eigenvalue weighted by Gasteiger charge is 2.16. The van der Waals surface area contributed by atoms with Gasteiger partial charge in [0.15, 0.2) is 11.0 Å². The van der Waals surface area contributed by atoms with Crippen LogP contribution in [0.25, 0.3) is 0 Å². The zero-order valence-corrected chi connectivity index (χ0v) is 17.0. The molecule has 2 heterocycles. The minimum Gasteiger partial charge on any atom is -0.465 e. The van der Waals surface area contributed by atoms with Crippen LogP contribution in [0, 0.1) is 0 Å². The minimum atomic E-state index is -0.297. The van der Waals surface area contributed by atoms with Gasteiger partial charge in [-0.3, -0.25) is 9.59 Å². The molecular formula is C19H20N4O3S2. The summed E-state index contributed by atoms with van der Waals surface area (Å²) < 4.78 is 6.89. The fourth-order valence-corrected chi connectivity index (χ4v) is 3.86. The van der Waals surface area contributed by atoms with Gasteiger partial charge in [0.25, 0.3) is 5.91 Å². The van der Waals surface area contributed by atoms with E-state index in [1.165, 1.54) is 23.1 Å². The van der Waals surface area contributed by atoms with E-state index in [0.717, 1.165) is 5.56 Å². The monoisotopic (exact) mass is 416 g/mol. The predicted octanol–water partition coefficient (Wildman–Crippen LogP) is 2.97. The molecule has 3 aromatic rings. The lowest BCUT2D eigenvalue weighted by atomic mass is 10.2. The molecule has 1 aromatic carbocycles. The number of thioether (sulfide) groups is 1. The number of carbonyl (C=O) groups is 2. The lowest BCUT2D eigenvalue weighted by Gasteiger charge is -2.11. The Hall–Kier alpha value is -2.65. The maximum absolute atomic E-state index is 12.2. The highest BCUT2D eigenvalue weighted by Crippen LogP contribution is 2.19. The summed E-state index contributed by atoms with van der Waals surface area (Å²) in [6.45, 7) is 2.91. The third kappa shape index (κ3) is 5.43. The first-order valence-corrected chi connectivity index (χ1v) is 10.6. The normalized spacial score (nSPS) is 10.6.